The second-order valence-corrected chi connectivity index (χ2v) is 11.6. The summed E-state index contributed by atoms with van der Waals surface area (Å²) in [7, 11) is -7.06. The molecule has 172 valence electrons. The maximum absolute atomic E-state index is 12.6. The smallest absolute Gasteiger partial charge is 0.274 e. The van der Waals surface area contributed by atoms with E-state index in [1.165, 1.54) is 24.3 Å². The zero-order valence-corrected chi connectivity index (χ0v) is 18.9. The Balaban J connectivity index is 1.41. The van der Waals surface area contributed by atoms with Crippen LogP contribution in [0.15, 0.2) is 47.5 Å². The van der Waals surface area contributed by atoms with Crippen LogP contribution in [0.2, 0.25) is 0 Å². The lowest BCUT2D eigenvalue weighted by Crippen LogP contribution is -2.36. The van der Waals surface area contributed by atoms with E-state index in [1.807, 2.05) is 6.07 Å². The van der Waals surface area contributed by atoms with Crippen molar-refractivity contribution in [2.75, 3.05) is 48.0 Å². The van der Waals surface area contributed by atoms with Gasteiger partial charge in [-0.15, -0.1) is 0 Å². The lowest BCUT2D eigenvalue weighted by molar-refractivity contribution is 0.102. The van der Waals surface area contributed by atoms with Crippen molar-refractivity contribution in [3.05, 3.63) is 48.3 Å². The number of anilines is 2. The summed E-state index contributed by atoms with van der Waals surface area (Å²) < 4.78 is 55.9. The largest absolute Gasteiger partial charge is 0.378 e. The molecule has 1 atom stereocenters. The summed E-state index contributed by atoms with van der Waals surface area (Å²) in [6, 6.07) is 8.59. The Hall–Kier alpha value is -2.54. The summed E-state index contributed by atoms with van der Waals surface area (Å²) in [4.78, 5) is 18.9. The third kappa shape index (κ3) is 5.44. The first kappa shape index (κ1) is 22.6. The molecule has 0 spiro atoms. The number of carbonyl (C=O) groups excluding carboxylic acids is 1. The average Bonchev–Trinajstić information content (AvgIpc) is 3.12. The fourth-order valence-electron chi connectivity index (χ4n) is 3.65. The Labute approximate surface area is 187 Å². The van der Waals surface area contributed by atoms with Gasteiger partial charge in [0.05, 0.1) is 29.6 Å². The van der Waals surface area contributed by atoms with E-state index in [1.54, 1.807) is 12.3 Å². The summed E-state index contributed by atoms with van der Waals surface area (Å²) in [5, 5.41) is 2.71. The number of aromatic nitrogens is 1. The molecule has 4 rings (SSSR count). The molecule has 0 radical (unpaired) electrons. The number of ether oxygens (including phenoxy) is 1. The molecular weight excluding hydrogens is 456 g/mol. The van der Waals surface area contributed by atoms with Gasteiger partial charge in [0.25, 0.3) is 5.91 Å². The molecule has 32 heavy (non-hydrogen) atoms. The lowest BCUT2D eigenvalue weighted by atomic mass is 10.2. The SMILES string of the molecule is O=C(Nc1ccc(S(=O)(=O)N[C@@H]2CCS(=O)(=O)C2)cc1)c1cc(N2CCOCC2)ccn1. The Morgan fingerprint density at radius 1 is 1.12 bits per heavy atom. The third-order valence-corrected chi connectivity index (χ3v) is 8.63. The van der Waals surface area contributed by atoms with Gasteiger partial charge in [0.1, 0.15) is 5.69 Å². The molecule has 1 aromatic carbocycles. The molecule has 2 aromatic rings. The van der Waals surface area contributed by atoms with Crippen molar-refractivity contribution in [1.82, 2.24) is 9.71 Å². The highest BCUT2D eigenvalue weighted by Gasteiger charge is 2.31. The maximum Gasteiger partial charge on any atom is 0.274 e. The van der Waals surface area contributed by atoms with Crippen molar-refractivity contribution in [3.8, 4) is 0 Å². The van der Waals surface area contributed by atoms with E-state index in [9.17, 15) is 21.6 Å². The normalized spacial score (nSPS) is 20.8. The second kappa shape index (κ2) is 9.14. The van der Waals surface area contributed by atoms with Gasteiger partial charge in [-0.05, 0) is 42.8 Å². The Kier molecular flexibility index (Phi) is 6.47. The molecule has 12 heteroatoms. The number of carbonyl (C=O) groups is 1. The van der Waals surface area contributed by atoms with Gasteiger partial charge >= 0.3 is 0 Å². The highest BCUT2D eigenvalue weighted by molar-refractivity contribution is 7.92. The van der Waals surface area contributed by atoms with Crippen LogP contribution in [-0.4, -0.2) is 71.6 Å². The van der Waals surface area contributed by atoms with Crippen molar-refractivity contribution in [2.24, 2.45) is 0 Å². The molecule has 0 saturated carbocycles. The van der Waals surface area contributed by atoms with Crippen molar-refractivity contribution in [3.63, 3.8) is 0 Å². The molecule has 0 bridgehead atoms. The second-order valence-electron chi connectivity index (χ2n) is 7.70. The molecule has 2 fully saturated rings. The lowest BCUT2D eigenvalue weighted by Gasteiger charge is -2.28. The summed E-state index contributed by atoms with van der Waals surface area (Å²) in [5.41, 5.74) is 1.54. The summed E-state index contributed by atoms with van der Waals surface area (Å²) in [6.45, 7) is 2.73. The van der Waals surface area contributed by atoms with Crippen molar-refractivity contribution in [2.45, 2.75) is 17.4 Å². The number of amides is 1. The Bertz CT molecular complexity index is 1190. The predicted octanol–water partition coefficient (Wildman–Crippen LogP) is 0.636. The standard InChI is InChI=1S/C20H24N4O6S2/c25-20(19-13-17(5-7-21-19)24-8-10-30-11-9-24)22-15-1-3-18(4-2-15)32(28,29)23-16-6-12-31(26,27)14-16/h1-5,7,13,16,23H,6,8-12,14H2,(H,22,25)/t16-/m1/s1. The monoisotopic (exact) mass is 480 g/mol. The highest BCUT2D eigenvalue weighted by Crippen LogP contribution is 2.20. The molecule has 2 aliphatic heterocycles. The van der Waals surface area contributed by atoms with Crippen molar-refractivity contribution in [1.29, 1.82) is 0 Å². The number of pyridine rings is 1. The van der Waals surface area contributed by atoms with Gasteiger partial charge in [-0.3, -0.25) is 9.78 Å². The Morgan fingerprint density at radius 2 is 1.84 bits per heavy atom. The first-order valence-corrected chi connectivity index (χ1v) is 13.5. The van der Waals surface area contributed by atoms with Gasteiger partial charge < -0.3 is 15.0 Å². The number of nitrogens with zero attached hydrogens (tertiary/aromatic N) is 2. The number of sulfonamides is 1. The van der Waals surface area contributed by atoms with Gasteiger partial charge in [0.15, 0.2) is 9.84 Å². The number of nitrogens with one attached hydrogen (secondary N) is 2. The molecular formula is C20H24N4O6S2. The number of rotatable bonds is 6. The zero-order valence-electron chi connectivity index (χ0n) is 17.2. The fourth-order valence-corrected chi connectivity index (χ4v) is 6.70. The molecule has 0 unspecified atom stereocenters. The van der Waals surface area contributed by atoms with E-state index in [0.717, 1.165) is 18.8 Å². The molecule has 2 N–H and O–H groups in total. The molecule has 10 nitrogen and oxygen atoms in total. The maximum atomic E-state index is 12.6. The number of morpholine rings is 1. The van der Waals surface area contributed by atoms with Crippen LogP contribution >= 0.6 is 0 Å². The summed E-state index contributed by atoms with van der Waals surface area (Å²) >= 11 is 0. The van der Waals surface area contributed by atoms with Gasteiger partial charge in [0, 0.05) is 36.7 Å². The van der Waals surface area contributed by atoms with E-state index < -0.39 is 31.8 Å². The third-order valence-electron chi connectivity index (χ3n) is 5.33. The van der Waals surface area contributed by atoms with Crippen LogP contribution in [0.1, 0.15) is 16.9 Å². The van der Waals surface area contributed by atoms with Crippen LogP contribution in [0.3, 0.4) is 0 Å². The zero-order chi connectivity index (χ0) is 22.8. The number of hydrogen-bond acceptors (Lipinski definition) is 8. The van der Waals surface area contributed by atoms with E-state index >= 15 is 0 Å². The van der Waals surface area contributed by atoms with Crippen LogP contribution in [-0.2, 0) is 24.6 Å². The van der Waals surface area contributed by atoms with Crippen LogP contribution in [0, 0.1) is 0 Å². The summed E-state index contributed by atoms with van der Waals surface area (Å²) in [5.74, 6) is -0.631. The Morgan fingerprint density at radius 3 is 2.50 bits per heavy atom. The van der Waals surface area contributed by atoms with Crippen LogP contribution in [0.4, 0.5) is 11.4 Å². The van der Waals surface area contributed by atoms with Gasteiger partial charge in [0.2, 0.25) is 10.0 Å². The molecule has 2 aliphatic rings. The number of hydrogen-bond donors (Lipinski definition) is 2. The van der Waals surface area contributed by atoms with Crippen molar-refractivity contribution < 1.29 is 26.4 Å². The van der Waals surface area contributed by atoms with Crippen LogP contribution in [0.25, 0.3) is 0 Å². The fraction of sp³-hybridized carbons (Fsp3) is 0.400. The van der Waals surface area contributed by atoms with Crippen LogP contribution in [0.5, 0.6) is 0 Å². The molecule has 0 aliphatic carbocycles. The topological polar surface area (TPSA) is 135 Å². The summed E-state index contributed by atoms with van der Waals surface area (Å²) in [6.07, 6.45) is 1.83. The minimum absolute atomic E-state index is 0.00719. The van der Waals surface area contributed by atoms with Gasteiger partial charge in [-0.25, -0.2) is 21.6 Å². The van der Waals surface area contributed by atoms with Crippen LogP contribution < -0.4 is 14.9 Å². The average molecular weight is 481 g/mol. The van der Waals surface area contributed by atoms with Gasteiger partial charge in [-0.2, -0.15) is 0 Å². The van der Waals surface area contributed by atoms with Crippen molar-refractivity contribution >= 4 is 37.1 Å². The minimum atomic E-state index is -3.86. The first-order chi connectivity index (χ1) is 15.2. The first-order valence-electron chi connectivity index (χ1n) is 10.1. The number of benzene rings is 1. The number of sulfone groups is 1. The van der Waals surface area contributed by atoms with E-state index in [2.05, 4.69) is 19.9 Å². The van der Waals surface area contributed by atoms with E-state index in [-0.39, 0.29) is 28.5 Å². The molecule has 3 heterocycles. The van der Waals surface area contributed by atoms with E-state index in [4.69, 9.17) is 4.74 Å². The predicted molar refractivity (Wildman–Crippen MR) is 119 cm³/mol. The minimum Gasteiger partial charge on any atom is -0.378 e. The van der Waals surface area contributed by atoms with Gasteiger partial charge in [-0.1, -0.05) is 0 Å². The quantitative estimate of drug-likeness (QED) is 0.615. The molecule has 2 saturated heterocycles. The molecule has 1 aromatic heterocycles. The molecule has 1 amide bonds. The highest BCUT2D eigenvalue weighted by atomic mass is 32.2. The van der Waals surface area contributed by atoms with E-state index in [0.29, 0.717) is 18.9 Å².